The minimum atomic E-state index is -2.37. The van der Waals surface area contributed by atoms with Crippen LogP contribution in [0.1, 0.15) is 91.4 Å². The molecule has 0 unspecified atom stereocenters. The molecule has 2 heteroatoms. The molecule has 0 aromatic heterocycles. The molecule has 0 bridgehead atoms. The van der Waals surface area contributed by atoms with Crippen LogP contribution in [0.25, 0.3) is 4.85 Å². The van der Waals surface area contributed by atoms with Crippen LogP contribution in [-0.2, 0) is 0 Å². The van der Waals surface area contributed by atoms with Gasteiger partial charge in [-0.2, -0.15) is 0 Å². The van der Waals surface area contributed by atoms with Crippen LogP contribution < -0.4 is 0 Å². The second-order valence-electron chi connectivity index (χ2n) is 7.30. The van der Waals surface area contributed by atoms with Gasteiger partial charge in [0, 0.05) is 0 Å². The minimum absolute atomic E-state index is 0.187. The van der Waals surface area contributed by atoms with Crippen molar-refractivity contribution in [3.05, 3.63) is 11.4 Å². The van der Waals surface area contributed by atoms with E-state index in [1.54, 1.807) is 0 Å². The van der Waals surface area contributed by atoms with Crippen LogP contribution >= 0.6 is 0 Å². The van der Waals surface area contributed by atoms with Crippen molar-refractivity contribution in [2.75, 3.05) is 0 Å². The Kier molecular flexibility index (Phi) is 9.33. The summed E-state index contributed by atoms with van der Waals surface area (Å²) in [5.74, 6) is 0. The van der Waals surface area contributed by atoms with Gasteiger partial charge in [-0.15, -0.1) is 0 Å². The fourth-order valence-electron chi connectivity index (χ4n) is 4.52. The van der Waals surface area contributed by atoms with Crippen molar-refractivity contribution in [3.8, 4) is 0 Å². The first-order valence-corrected chi connectivity index (χ1v) is 17.1. The van der Waals surface area contributed by atoms with E-state index < -0.39 is 18.4 Å². The molecular formula is C19H37NSn. The van der Waals surface area contributed by atoms with Gasteiger partial charge in [-0.25, -0.2) is 0 Å². The monoisotopic (exact) mass is 399 g/mol. The van der Waals surface area contributed by atoms with E-state index in [2.05, 4.69) is 25.6 Å². The first-order chi connectivity index (χ1) is 10.2. The predicted octanol–water partition coefficient (Wildman–Crippen LogP) is 7.00. The van der Waals surface area contributed by atoms with Gasteiger partial charge in [0.1, 0.15) is 0 Å². The molecule has 1 nitrogen and oxygen atoms in total. The number of hydrogen-bond donors (Lipinski definition) is 0. The van der Waals surface area contributed by atoms with Crippen LogP contribution in [0.5, 0.6) is 0 Å². The van der Waals surface area contributed by atoms with Crippen LogP contribution in [0, 0.1) is 6.57 Å². The first kappa shape index (κ1) is 19.3. The summed E-state index contributed by atoms with van der Waals surface area (Å²) in [5, 5.41) is 0. The summed E-state index contributed by atoms with van der Waals surface area (Å²) in [6.45, 7) is 15.1. The van der Waals surface area contributed by atoms with Gasteiger partial charge < -0.3 is 0 Å². The summed E-state index contributed by atoms with van der Waals surface area (Å²) >= 11 is -2.37. The summed E-state index contributed by atoms with van der Waals surface area (Å²) in [6, 6.07) is 0. The van der Waals surface area contributed by atoms with Crippen LogP contribution in [0.3, 0.4) is 0 Å². The Morgan fingerprint density at radius 2 is 1.24 bits per heavy atom. The molecule has 0 atom stereocenters. The molecule has 1 aliphatic carbocycles. The molecule has 0 N–H and O–H groups in total. The van der Waals surface area contributed by atoms with Crippen molar-refractivity contribution < 1.29 is 0 Å². The Balaban J connectivity index is 3.05. The van der Waals surface area contributed by atoms with E-state index in [1.165, 1.54) is 83.9 Å². The summed E-state index contributed by atoms with van der Waals surface area (Å²) in [7, 11) is 0. The van der Waals surface area contributed by atoms with Crippen LogP contribution in [0.15, 0.2) is 0 Å². The van der Waals surface area contributed by atoms with Crippen molar-refractivity contribution in [1.82, 2.24) is 0 Å². The van der Waals surface area contributed by atoms with Crippen molar-refractivity contribution >= 4 is 18.4 Å². The van der Waals surface area contributed by atoms with E-state index in [4.69, 9.17) is 6.57 Å². The maximum atomic E-state index is 8.08. The third kappa shape index (κ3) is 4.88. The van der Waals surface area contributed by atoms with Gasteiger partial charge in [0.15, 0.2) is 0 Å². The maximum absolute atomic E-state index is 8.08. The second-order valence-corrected chi connectivity index (χ2v) is 21.5. The molecule has 0 spiro atoms. The standard InChI is InChI=1S/C7H10N.3C4H9.Sn/c1-8-7-5-3-2-4-6-7;3*1-3-4-2;/h2-6H2;3*1,3-4H2,2H3;. The SMILES string of the molecule is [C-]#[N+][C]1([Sn]([CH2]CCC)([CH2]CCC)[CH2]CCC)CCCCC1. The van der Waals surface area contributed by atoms with Crippen LogP contribution in [0.2, 0.25) is 13.3 Å². The summed E-state index contributed by atoms with van der Waals surface area (Å²) in [5.41, 5.74) is 0. The molecule has 0 amide bonds. The third-order valence-electron chi connectivity index (χ3n) is 5.91. The second kappa shape index (κ2) is 10.1. The summed E-state index contributed by atoms with van der Waals surface area (Å²) < 4.78 is 4.71. The van der Waals surface area contributed by atoms with Crippen LogP contribution in [-0.4, -0.2) is 21.9 Å². The van der Waals surface area contributed by atoms with Gasteiger partial charge in [0.25, 0.3) is 0 Å². The zero-order valence-electron chi connectivity index (χ0n) is 14.8. The Morgan fingerprint density at radius 1 is 0.810 bits per heavy atom. The molecule has 1 rings (SSSR count). The van der Waals surface area contributed by atoms with Gasteiger partial charge >= 0.3 is 138 Å². The van der Waals surface area contributed by atoms with Gasteiger partial charge in [-0.3, -0.25) is 0 Å². The van der Waals surface area contributed by atoms with Crippen molar-refractivity contribution in [2.24, 2.45) is 0 Å². The van der Waals surface area contributed by atoms with E-state index in [1.807, 2.05) is 0 Å². The topological polar surface area (TPSA) is 4.36 Å². The number of rotatable bonds is 10. The Hall–Kier alpha value is 0.289. The fraction of sp³-hybridized carbons (Fsp3) is 0.947. The predicted molar refractivity (Wildman–Crippen MR) is 97.3 cm³/mol. The van der Waals surface area contributed by atoms with Crippen molar-refractivity contribution in [2.45, 2.75) is 108 Å². The molecule has 0 aromatic carbocycles. The summed E-state index contributed by atoms with van der Waals surface area (Å²) in [6.07, 6.45) is 14.8. The van der Waals surface area contributed by atoms with E-state index in [0.29, 0.717) is 0 Å². The van der Waals surface area contributed by atoms with Gasteiger partial charge in [-0.1, -0.05) is 0 Å². The van der Waals surface area contributed by atoms with Crippen molar-refractivity contribution in [3.63, 3.8) is 0 Å². The molecule has 0 heterocycles. The molecule has 1 aliphatic rings. The molecule has 122 valence electrons. The number of nitrogens with zero attached hydrogens (tertiary/aromatic N) is 1. The Bertz CT molecular complexity index is 290. The zero-order chi connectivity index (χ0) is 15.6. The average Bonchev–Trinajstić information content (AvgIpc) is 2.55. The van der Waals surface area contributed by atoms with Gasteiger partial charge in [0.2, 0.25) is 0 Å². The molecule has 0 aliphatic heterocycles. The molecular weight excluding hydrogens is 361 g/mol. The van der Waals surface area contributed by atoms with E-state index in [0.717, 1.165) is 0 Å². The van der Waals surface area contributed by atoms with E-state index in [9.17, 15) is 0 Å². The molecule has 21 heavy (non-hydrogen) atoms. The summed E-state index contributed by atoms with van der Waals surface area (Å²) in [4.78, 5) is 4.45. The average molecular weight is 398 g/mol. The Morgan fingerprint density at radius 3 is 1.57 bits per heavy atom. The third-order valence-corrected chi connectivity index (χ3v) is 24.5. The van der Waals surface area contributed by atoms with Gasteiger partial charge in [-0.05, 0) is 0 Å². The number of unbranched alkanes of at least 4 members (excludes halogenated alkanes) is 3. The molecule has 0 aromatic rings. The van der Waals surface area contributed by atoms with E-state index in [-0.39, 0.29) is 3.55 Å². The van der Waals surface area contributed by atoms with Crippen LogP contribution in [0.4, 0.5) is 0 Å². The van der Waals surface area contributed by atoms with Gasteiger partial charge in [0.05, 0.1) is 0 Å². The first-order valence-electron chi connectivity index (χ1n) is 9.59. The molecule has 1 saturated carbocycles. The quantitative estimate of drug-likeness (QED) is 0.276. The molecule has 0 saturated heterocycles. The number of hydrogen-bond acceptors (Lipinski definition) is 0. The van der Waals surface area contributed by atoms with Crippen molar-refractivity contribution in [1.29, 1.82) is 0 Å². The molecule has 0 radical (unpaired) electrons. The normalized spacial score (nSPS) is 18.4. The fourth-order valence-corrected chi connectivity index (χ4v) is 24.2. The Labute approximate surface area is 138 Å². The zero-order valence-corrected chi connectivity index (χ0v) is 17.7. The van der Waals surface area contributed by atoms with E-state index >= 15 is 0 Å². The molecule has 1 fully saturated rings.